The summed E-state index contributed by atoms with van der Waals surface area (Å²) < 4.78 is 0. The Morgan fingerprint density at radius 1 is 0.762 bits per heavy atom. The van der Waals surface area contributed by atoms with Crippen molar-refractivity contribution in [3.8, 4) is 0 Å². The van der Waals surface area contributed by atoms with Crippen LogP contribution in [0.25, 0.3) is 0 Å². The Morgan fingerprint density at radius 2 is 1.67 bits per heavy atom. The van der Waals surface area contributed by atoms with Crippen molar-refractivity contribution in [1.29, 1.82) is 0 Å². The number of hydrogen-bond acceptors (Lipinski definition) is 3. The Morgan fingerprint density at radius 3 is 2.52 bits per heavy atom. The second-order valence-electron chi connectivity index (χ2n) is 8.38. The third-order valence-electron chi connectivity index (χ3n) is 7.40. The van der Waals surface area contributed by atoms with Crippen molar-refractivity contribution in [1.82, 2.24) is 16.0 Å². The Balaban J connectivity index is 1.44. The molecule has 3 aliphatic heterocycles. The molecule has 0 radical (unpaired) electrons. The predicted molar refractivity (Wildman–Crippen MR) is 87.2 cm³/mol. The summed E-state index contributed by atoms with van der Waals surface area (Å²) in [6.07, 6.45) is 5.73. The summed E-state index contributed by atoms with van der Waals surface area (Å²) in [5.74, 6) is 5.42. The van der Waals surface area contributed by atoms with Crippen LogP contribution < -0.4 is 16.0 Å². The molecular formula is C18H33N3. The fourth-order valence-electron chi connectivity index (χ4n) is 6.19. The molecule has 3 heterocycles. The van der Waals surface area contributed by atoms with E-state index in [4.69, 9.17) is 0 Å². The van der Waals surface area contributed by atoms with Gasteiger partial charge in [-0.15, -0.1) is 0 Å². The summed E-state index contributed by atoms with van der Waals surface area (Å²) >= 11 is 0. The highest BCUT2D eigenvalue weighted by molar-refractivity contribution is 5.04. The van der Waals surface area contributed by atoms with Crippen LogP contribution in [0.1, 0.15) is 39.5 Å². The molecule has 4 fully saturated rings. The van der Waals surface area contributed by atoms with Crippen LogP contribution >= 0.6 is 0 Å². The van der Waals surface area contributed by atoms with Crippen molar-refractivity contribution in [3.05, 3.63) is 0 Å². The lowest BCUT2D eigenvalue weighted by atomic mass is 9.74. The highest BCUT2D eigenvalue weighted by atomic mass is 15.0. The summed E-state index contributed by atoms with van der Waals surface area (Å²) in [5, 5.41) is 11.4. The molecule has 6 unspecified atom stereocenters. The predicted octanol–water partition coefficient (Wildman–Crippen LogP) is 1.84. The Kier molecular flexibility index (Phi) is 4.01. The van der Waals surface area contributed by atoms with Crippen LogP contribution in [0.15, 0.2) is 0 Å². The van der Waals surface area contributed by atoms with Gasteiger partial charge in [0, 0.05) is 18.6 Å². The van der Waals surface area contributed by atoms with Crippen LogP contribution in [-0.4, -0.2) is 38.3 Å². The van der Waals surface area contributed by atoms with Gasteiger partial charge < -0.3 is 16.0 Å². The fraction of sp³-hybridized carbons (Fsp3) is 1.00. The van der Waals surface area contributed by atoms with E-state index in [1.807, 2.05) is 0 Å². The third kappa shape index (κ3) is 2.46. The Hall–Kier alpha value is -0.120. The minimum absolute atomic E-state index is 0.755. The number of rotatable bonds is 2. The van der Waals surface area contributed by atoms with Crippen LogP contribution in [-0.2, 0) is 0 Å². The van der Waals surface area contributed by atoms with Crippen molar-refractivity contribution < 1.29 is 0 Å². The van der Waals surface area contributed by atoms with Crippen LogP contribution in [0.3, 0.4) is 0 Å². The van der Waals surface area contributed by atoms with Gasteiger partial charge in [-0.3, -0.25) is 0 Å². The lowest BCUT2D eigenvalue weighted by Gasteiger charge is -2.37. The number of piperidine rings is 1. The summed E-state index contributed by atoms with van der Waals surface area (Å²) in [4.78, 5) is 0. The van der Waals surface area contributed by atoms with E-state index in [0.29, 0.717) is 0 Å². The van der Waals surface area contributed by atoms with E-state index in [1.165, 1.54) is 51.9 Å². The van der Waals surface area contributed by atoms with Crippen molar-refractivity contribution >= 4 is 0 Å². The van der Waals surface area contributed by atoms with Gasteiger partial charge in [0.1, 0.15) is 0 Å². The molecule has 4 aliphatic rings. The molecule has 3 N–H and O–H groups in total. The third-order valence-corrected chi connectivity index (χ3v) is 7.40. The molecule has 120 valence electrons. The monoisotopic (exact) mass is 291 g/mol. The van der Waals surface area contributed by atoms with Gasteiger partial charge in [0.05, 0.1) is 0 Å². The molecule has 1 aliphatic carbocycles. The highest BCUT2D eigenvalue weighted by Crippen LogP contribution is 2.45. The largest absolute Gasteiger partial charge is 0.316 e. The molecular weight excluding hydrogens is 258 g/mol. The first kappa shape index (κ1) is 14.5. The smallest absolute Gasteiger partial charge is 0.0136 e. The van der Waals surface area contributed by atoms with E-state index >= 15 is 0 Å². The SMILES string of the molecule is C[C@H]1C(C2NCCC[C@@H]2C)CNC1C1CCC2CNCC21. The summed E-state index contributed by atoms with van der Waals surface area (Å²) in [7, 11) is 0. The average Bonchev–Trinajstić information content (AvgIpc) is 3.15. The van der Waals surface area contributed by atoms with Crippen LogP contribution in [0, 0.1) is 35.5 Å². The lowest BCUT2D eigenvalue weighted by Crippen LogP contribution is -2.48. The van der Waals surface area contributed by atoms with Crippen molar-refractivity contribution in [2.24, 2.45) is 35.5 Å². The first-order valence-electron chi connectivity index (χ1n) is 9.43. The van der Waals surface area contributed by atoms with Gasteiger partial charge in [0.15, 0.2) is 0 Å². The molecule has 3 nitrogen and oxygen atoms in total. The zero-order valence-electron chi connectivity index (χ0n) is 13.8. The molecule has 0 bridgehead atoms. The normalized spacial score (nSPS) is 54.0. The van der Waals surface area contributed by atoms with Gasteiger partial charge in [0.25, 0.3) is 0 Å². The van der Waals surface area contributed by atoms with E-state index in [9.17, 15) is 0 Å². The summed E-state index contributed by atoms with van der Waals surface area (Å²) in [5.41, 5.74) is 0. The maximum Gasteiger partial charge on any atom is 0.0136 e. The summed E-state index contributed by atoms with van der Waals surface area (Å²) in [6.45, 7) is 10.0. The van der Waals surface area contributed by atoms with E-state index in [0.717, 1.165) is 47.6 Å². The fourth-order valence-corrected chi connectivity index (χ4v) is 6.19. The number of nitrogens with one attached hydrogen (secondary N) is 3. The second-order valence-corrected chi connectivity index (χ2v) is 8.38. The highest BCUT2D eigenvalue weighted by Gasteiger charge is 2.48. The quantitative estimate of drug-likeness (QED) is 0.727. The first-order chi connectivity index (χ1) is 10.3. The van der Waals surface area contributed by atoms with Crippen LogP contribution in [0.4, 0.5) is 0 Å². The Labute approximate surface area is 130 Å². The second kappa shape index (κ2) is 5.82. The molecule has 8 atom stereocenters. The molecule has 1 saturated carbocycles. The standard InChI is InChI=1S/C18H33N3/c1-11-4-3-7-20-17(11)15-10-21-18(12(15)2)14-6-5-13-8-19-9-16(13)14/h11-21H,3-10H2,1-2H3/t11-,12-,13?,14?,15?,16?,17?,18?/m0/s1. The molecule has 3 heteroatoms. The van der Waals surface area contributed by atoms with E-state index in [-0.39, 0.29) is 0 Å². The molecule has 21 heavy (non-hydrogen) atoms. The Bertz CT molecular complexity index is 371. The zero-order chi connectivity index (χ0) is 14.4. The zero-order valence-corrected chi connectivity index (χ0v) is 13.8. The molecule has 0 amide bonds. The summed E-state index contributed by atoms with van der Waals surface area (Å²) in [6, 6.07) is 1.53. The first-order valence-corrected chi connectivity index (χ1v) is 9.43. The van der Waals surface area contributed by atoms with Crippen molar-refractivity contribution in [2.45, 2.75) is 51.6 Å². The van der Waals surface area contributed by atoms with E-state index in [2.05, 4.69) is 29.8 Å². The lowest BCUT2D eigenvalue weighted by molar-refractivity contribution is 0.177. The van der Waals surface area contributed by atoms with Gasteiger partial charge in [-0.05, 0) is 80.8 Å². The number of fused-ring (bicyclic) bond motifs is 1. The minimum atomic E-state index is 0.755. The molecule has 3 saturated heterocycles. The molecule has 0 aromatic heterocycles. The van der Waals surface area contributed by atoms with Gasteiger partial charge in [-0.2, -0.15) is 0 Å². The van der Waals surface area contributed by atoms with Gasteiger partial charge in [-0.1, -0.05) is 13.8 Å². The maximum atomic E-state index is 3.96. The molecule has 4 rings (SSSR count). The minimum Gasteiger partial charge on any atom is -0.316 e. The molecule has 0 spiro atoms. The van der Waals surface area contributed by atoms with Gasteiger partial charge in [0.2, 0.25) is 0 Å². The van der Waals surface area contributed by atoms with E-state index < -0.39 is 0 Å². The van der Waals surface area contributed by atoms with E-state index in [1.54, 1.807) is 0 Å². The molecule has 0 aromatic carbocycles. The topological polar surface area (TPSA) is 36.1 Å². The number of hydrogen-bond donors (Lipinski definition) is 3. The maximum absolute atomic E-state index is 3.96. The van der Waals surface area contributed by atoms with Crippen molar-refractivity contribution in [3.63, 3.8) is 0 Å². The van der Waals surface area contributed by atoms with Gasteiger partial charge in [-0.25, -0.2) is 0 Å². The van der Waals surface area contributed by atoms with Crippen LogP contribution in [0.5, 0.6) is 0 Å². The average molecular weight is 291 g/mol. The van der Waals surface area contributed by atoms with Gasteiger partial charge >= 0.3 is 0 Å². The molecule has 0 aromatic rings. The van der Waals surface area contributed by atoms with Crippen LogP contribution in [0.2, 0.25) is 0 Å². The van der Waals surface area contributed by atoms with Crippen molar-refractivity contribution in [2.75, 3.05) is 26.2 Å².